The van der Waals surface area contributed by atoms with Gasteiger partial charge in [0, 0.05) is 12.1 Å². The average molecular weight is 347 g/mol. The fraction of sp³-hybridized carbons (Fsp3) is 0.867. The van der Waals surface area contributed by atoms with E-state index in [2.05, 4.69) is 4.74 Å². The van der Waals surface area contributed by atoms with Crippen LogP contribution in [0.25, 0.3) is 0 Å². The molecule has 2 aliphatic heterocycles. The number of piperidine rings is 1. The van der Waals surface area contributed by atoms with Crippen molar-refractivity contribution in [1.82, 2.24) is 4.90 Å². The van der Waals surface area contributed by atoms with E-state index in [1.54, 1.807) is 25.7 Å². The van der Waals surface area contributed by atoms with Crippen LogP contribution in [0.1, 0.15) is 46.5 Å². The van der Waals surface area contributed by atoms with Crippen LogP contribution in [0.4, 0.5) is 4.79 Å². The van der Waals surface area contributed by atoms with Crippen LogP contribution in [0.5, 0.6) is 0 Å². The third-order valence-electron chi connectivity index (χ3n) is 4.35. The van der Waals surface area contributed by atoms with E-state index in [9.17, 15) is 18.0 Å². The Kier molecular flexibility index (Phi) is 4.94. The van der Waals surface area contributed by atoms with Gasteiger partial charge in [0.1, 0.15) is 11.4 Å². The lowest BCUT2D eigenvalue weighted by Gasteiger charge is -2.39. The van der Waals surface area contributed by atoms with E-state index in [4.69, 9.17) is 4.74 Å². The molecular weight excluding hydrogens is 322 g/mol. The molecule has 2 rings (SSSR count). The monoisotopic (exact) mass is 347 g/mol. The minimum Gasteiger partial charge on any atom is -0.468 e. The van der Waals surface area contributed by atoms with E-state index < -0.39 is 32.4 Å². The molecule has 0 aromatic rings. The Labute approximate surface area is 137 Å². The van der Waals surface area contributed by atoms with E-state index in [0.29, 0.717) is 12.8 Å². The maximum absolute atomic E-state index is 12.3. The lowest BCUT2D eigenvalue weighted by Crippen LogP contribution is -2.51. The zero-order valence-corrected chi connectivity index (χ0v) is 14.9. The van der Waals surface area contributed by atoms with E-state index in [1.807, 2.05) is 0 Å². The highest BCUT2D eigenvalue weighted by atomic mass is 32.2. The molecule has 0 aromatic heterocycles. The minimum absolute atomic E-state index is 0.138. The van der Waals surface area contributed by atoms with Crippen molar-refractivity contribution >= 4 is 21.9 Å². The topological polar surface area (TPSA) is 90.0 Å². The average Bonchev–Trinajstić information content (AvgIpc) is 2.66. The Bertz CT molecular complexity index is 565. The van der Waals surface area contributed by atoms with Gasteiger partial charge in [-0.05, 0) is 46.5 Å². The van der Waals surface area contributed by atoms with Crippen LogP contribution in [0.15, 0.2) is 0 Å². The van der Waals surface area contributed by atoms with E-state index in [-0.39, 0.29) is 18.2 Å². The Morgan fingerprint density at radius 1 is 1.13 bits per heavy atom. The molecule has 2 unspecified atom stereocenters. The number of carbonyl (C=O) groups excluding carboxylic acids is 2. The summed E-state index contributed by atoms with van der Waals surface area (Å²) in [5.41, 5.74) is -0.579. The Hall–Kier alpha value is -1.31. The van der Waals surface area contributed by atoms with Crippen molar-refractivity contribution in [2.24, 2.45) is 0 Å². The second-order valence-corrected chi connectivity index (χ2v) is 9.53. The zero-order valence-electron chi connectivity index (χ0n) is 14.1. The number of rotatable bonds is 3. The molecule has 0 saturated carbocycles. The highest BCUT2D eigenvalue weighted by Crippen LogP contribution is 2.39. The summed E-state index contributed by atoms with van der Waals surface area (Å²) in [6.07, 6.45) is 1.88. The number of hydrogen-bond acceptors (Lipinski definition) is 6. The maximum atomic E-state index is 12.3. The number of methoxy groups -OCH3 is 1. The first-order valence-electron chi connectivity index (χ1n) is 7.83. The summed E-state index contributed by atoms with van der Waals surface area (Å²) < 4.78 is 34.6. The number of nitrogens with zero attached hydrogens (tertiary/aromatic N) is 1. The van der Waals surface area contributed by atoms with Crippen LogP contribution in [-0.2, 0) is 24.1 Å². The van der Waals surface area contributed by atoms with Gasteiger partial charge in [-0.1, -0.05) is 0 Å². The molecule has 8 heteroatoms. The fourth-order valence-electron chi connectivity index (χ4n) is 3.37. The Balaban J connectivity index is 2.07. The van der Waals surface area contributed by atoms with Gasteiger partial charge in [-0.3, -0.25) is 4.79 Å². The molecule has 2 fully saturated rings. The highest BCUT2D eigenvalue weighted by Gasteiger charge is 2.48. The van der Waals surface area contributed by atoms with Crippen molar-refractivity contribution in [3.05, 3.63) is 0 Å². The Morgan fingerprint density at radius 3 is 2.09 bits per heavy atom. The molecule has 0 aromatic carbocycles. The second-order valence-electron chi connectivity index (χ2n) is 7.25. The van der Waals surface area contributed by atoms with Gasteiger partial charge in [0.15, 0.2) is 9.84 Å². The Morgan fingerprint density at radius 2 is 1.65 bits per heavy atom. The van der Waals surface area contributed by atoms with E-state index >= 15 is 0 Å². The summed E-state index contributed by atoms with van der Waals surface area (Å²) in [5.74, 6) is -1.34. The lowest BCUT2D eigenvalue weighted by molar-refractivity contribution is -0.137. The molecular formula is C15H25NO6S. The van der Waals surface area contributed by atoms with Crippen molar-refractivity contribution < 1.29 is 27.5 Å². The minimum atomic E-state index is -3.56. The molecule has 132 valence electrons. The van der Waals surface area contributed by atoms with E-state index in [0.717, 1.165) is 12.8 Å². The molecule has 2 atom stereocenters. The van der Waals surface area contributed by atoms with Gasteiger partial charge in [-0.2, -0.15) is 0 Å². The van der Waals surface area contributed by atoms with Crippen molar-refractivity contribution in [3.8, 4) is 0 Å². The summed E-state index contributed by atoms with van der Waals surface area (Å²) in [6, 6.07) is -0.276. The summed E-state index contributed by atoms with van der Waals surface area (Å²) >= 11 is 0. The van der Waals surface area contributed by atoms with Gasteiger partial charge < -0.3 is 14.4 Å². The first kappa shape index (κ1) is 18.0. The normalized spacial score (nSPS) is 27.7. The predicted octanol–water partition coefficient (Wildman–Crippen LogP) is 1.50. The van der Waals surface area contributed by atoms with Gasteiger partial charge in [-0.25, -0.2) is 13.2 Å². The predicted molar refractivity (Wildman–Crippen MR) is 83.7 cm³/mol. The molecule has 0 radical (unpaired) electrons. The SMILES string of the molecule is COC(=O)CS(=O)(=O)C1CC2CCC(C1)N2C(=O)OC(C)(C)C. The van der Waals surface area contributed by atoms with Crippen LogP contribution in [0.3, 0.4) is 0 Å². The van der Waals surface area contributed by atoms with Gasteiger partial charge >= 0.3 is 12.1 Å². The molecule has 2 heterocycles. The molecule has 2 saturated heterocycles. The molecule has 2 aliphatic rings. The third-order valence-corrected chi connectivity index (χ3v) is 6.39. The number of hydrogen-bond donors (Lipinski definition) is 0. The second kappa shape index (κ2) is 6.30. The number of sulfone groups is 1. The van der Waals surface area contributed by atoms with Crippen molar-refractivity contribution in [1.29, 1.82) is 0 Å². The first-order chi connectivity index (χ1) is 10.5. The summed E-state index contributed by atoms with van der Waals surface area (Å²) in [7, 11) is -2.38. The zero-order chi connectivity index (χ0) is 17.4. The number of amides is 1. The van der Waals surface area contributed by atoms with E-state index in [1.165, 1.54) is 7.11 Å². The third kappa shape index (κ3) is 4.16. The number of carbonyl (C=O) groups is 2. The van der Waals surface area contributed by atoms with Crippen LogP contribution >= 0.6 is 0 Å². The molecule has 0 aliphatic carbocycles. The smallest absolute Gasteiger partial charge is 0.410 e. The molecule has 0 spiro atoms. The molecule has 7 nitrogen and oxygen atoms in total. The lowest BCUT2D eigenvalue weighted by atomic mass is 10.0. The van der Waals surface area contributed by atoms with Gasteiger partial charge in [0.2, 0.25) is 0 Å². The molecule has 23 heavy (non-hydrogen) atoms. The van der Waals surface area contributed by atoms with Gasteiger partial charge in [0.25, 0.3) is 0 Å². The van der Waals surface area contributed by atoms with Gasteiger partial charge in [0.05, 0.1) is 12.4 Å². The van der Waals surface area contributed by atoms with Crippen molar-refractivity contribution in [3.63, 3.8) is 0 Å². The largest absolute Gasteiger partial charge is 0.468 e. The van der Waals surface area contributed by atoms with Crippen molar-refractivity contribution in [2.45, 2.75) is 69.4 Å². The molecule has 1 amide bonds. The first-order valence-corrected chi connectivity index (χ1v) is 9.55. The number of esters is 1. The maximum Gasteiger partial charge on any atom is 0.410 e. The van der Waals surface area contributed by atoms with Crippen LogP contribution in [0, 0.1) is 0 Å². The number of ether oxygens (including phenoxy) is 2. The summed E-state index contributed by atoms with van der Waals surface area (Å²) in [5, 5.41) is -0.599. The van der Waals surface area contributed by atoms with Gasteiger partial charge in [-0.15, -0.1) is 0 Å². The standard InChI is InChI=1S/C15H25NO6S/c1-15(2,3)22-14(18)16-10-5-6-11(16)8-12(7-10)23(19,20)9-13(17)21-4/h10-12H,5-9H2,1-4H3. The summed E-state index contributed by atoms with van der Waals surface area (Å²) in [4.78, 5) is 25.3. The van der Waals surface area contributed by atoms with Crippen LogP contribution in [-0.4, -0.2) is 61.2 Å². The molecule has 0 N–H and O–H groups in total. The van der Waals surface area contributed by atoms with Crippen LogP contribution < -0.4 is 0 Å². The highest BCUT2D eigenvalue weighted by molar-refractivity contribution is 7.92. The van der Waals surface area contributed by atoms with Crippen molar-refractivity contribution in [2.75, 3.05) is 12.9 Å². The van der Waals surface area contributed by atoms with Crippen LogP contribution in [0.2, 0.25) is 0 Å². The summed E-state index contributed by atoms with van der Waals surface area (Å²) in [6.45, 7) is 5.42. The number of fused-ring (bicyclic) bond motifs is 2. The quantitative estimate of drug-likeness (QED) is 0.719. The molecule has 2 bridgehead atoms. The fourth-order valence-corrected chi connectivity index (χ4v) is 5.09.